The Morgan fingerprint density at radius 3 is 2.41 bits per heavy atom. The van der Waals surface area contributed by atoms with Crippen molar-refractivity contribution in [3.05, 3.63) is 64.8 Å². The molecule has 0 bridgehead atoms. The molecule has 3 heterocycles. The van der Waals surface area contributed by atoms with Gasteiger partial charge in [-0.15, -0.1) is 0 Å². The Bertz CT molecular complexity index is 1360. The van der Waals surface area contributed by atoms with E-state index in [0.29, 0.717) is 23.1 Å². The van der Waals surface area contributed by atoms with Crippen LogP contribution in [0.2, 0.25) is 0 Å². The number of alkyl halides is 3. The second kappa shape index (κ2) is 8.48. The number of fused-ring (bicyclic) bond motifs is 1. The Morgan fingerprint density at radius 2 is 1.82 bits per heavy atom. The van der Waals surface area contributed by atoms with Crippen molar-refractivity contribution in [2.45, 2.75) is 12.2 Å². The van der Waals surface area contributed by atoms with Crippen LogP contribution in [-0.2, 0) is 6.18 Å². The van der Waals surface area contributed by atoms with Crippen molar-refractivity contribution in [2.75, 3.05) is 16.8 Å². The van der Waals surface area contributed by atoms with E-state index in [0.717, 1.165) is 12.1 Å². The first kappa shape index (κ1) is 22.2. The minimum atomic E-state index is -4.50. The monoisotopic (exact) mass is 465 g/mol. The highest BCUT2D eigenvalue weighted by molar-refractivity contribution is 5.98. The molecule has 0 spiro atoms. The number of halogens is 3. The van der Waals surface area contributed by atoms with Gasteiger partial charge in [0.2, 0.25) is 11.8 Å². The minimum Gasteiger partial charge on any atom is -0.439 e. The molecular weight excluding hydrogens is 451 g/mol. The summed E-state index contributed by atoms with van der Waals surface area (Å²) in [5.41, 5.74) is 12.2. The standard InChI is InChI=1S/C21H14F3N9O/c22-21(23,24)11-3-6-14(29-8-11)34-12-4-1-10(2-5-12)17-15-16(27)13(7-25)18(28)32-19(15)33-20(31-17)30-9-26/h1-6,8,17H,(H6,27,28,30,31,32,33). The number of anilines is 3. The molecule has 6 N–H and O–H groups in total. The van der Waals surface area contributed by atoms with Crippen LogP contribution in [0.1, 0.15) is 28.3 Å². The summed E-state index contributed by atoms with van der Waals surface area (Å²) in [6.07, 6.45) is -2.05. The number of nitriles is 2. The van der Waals surface area contributed by atoms with Gasteiger partial charge in [0.05, 0.1) is 11.3 Å². The summed E-state index contributed by atoms with van der Waals surface area (Å²) >= 11 is 0. The predicted molar refractivity (Wildman–Crippen MR) is 115 cm³/mol. The van der Waals surface area contributed by atoms with Gasteiger partial charge < -0.3 is 21.5 Å². The maximum Gasteiger partial charge on any atom is 0.417 e. The van der Waals surface area contributed by atoms with Gasteiger partial charge in [-0.25, -0.2) is 15.0 Å². The number of nitrogen functional groups attached to an aromatic ring is 2. The molecule has 1 aliphatic rings. The zero-order valence-electron chi connectivity index (χ0n) is 17.1. The zero-order chi connectivity index (χ0) is 24.5. The molecule has 1 atom stereocenters. The predicted octanol–water partition coefficient (Wildman–Crippen LogP) is 3.27. The lowest BCUT2D eigenvalue weighted by Gasteiger charge is -2.26. The van der Waals surface area contributed by atoms with Crippen LogP contribution in [0.4, 0.5) is 30.5 Å². The van der Waals surface area contributed by atoms with Crippen LogP contribution in [0.3, 0.4) is 0 Å². The number of rotatable bonds is 3. The summed E-state index contributed by atoms with van der Waals surface area (Å²) in [5, 5.41) is 23.6. The molecule has 34 heavy (non-hydrogen) atoms. The van der Waals surface area contributed by atoms with Crippen molar-refractivity contribution in [1.82, 2.24) is 15.3 Å². The van der Waals surface area contributed by atoms with Gasteiger partial charge in [0.1, 0.15) is 35.1 Å². The molecule has 0 fully saturated rings. The van der Waals surface area contributed by atoms with Gasteiger partial charge in [-0.3, -0.25) is 5.32 Å². The molecule has 4 rings (SSSR count). The highest BCUT2D eigenvalue weighted by Gasteiger charge is 2.31. The molecule has 0 saturated heterocycles. The lowest BCUT2D eigenvalue weighted by atomic mass is 9.95. The van der Waals surface area contributed by atoms with Gasteiger partial charge >= 0.3 is 6.18 Å². The van der Waals surface area contributed by atoms with Crippen molar-refractivity contribution < 1.29 is 17.9 Å². The molecule has 13 heteroatoms. The summed E-state index contributed by atoms with van der Waals surface area (Å²) in [4.78, 5) is 12.3. The highest BCUT2D eigenvalue weighted by atomic mass is 19.4. The molecule has 170 valence electrons. The fraction of sp³-hybridized carbons (Fsp3) is 0.0952. The highest BCUT2D eigenvalue weighted by Crippen LogP contribution is 2.41. The molecule has 1 aromatic carbocycles. The van der Waals surface area contributed by atoms with E-state index in [-0.39, 0.29) is 34.7 Å². The quantitative estimate of drug-likeness (QED) is 0.335. The van der Waals surface area contributed by atoms with Gasteiger partial charge in [-0.2, -0.15) is 23.7 Å². The first-order chi connectivity index (χ1) is 16.2. The molecule has 3 aromatic rings. The average molecular weight is 465 g/mol. The molecular formula is C21H14F3N9O. The van der Waals surface area contributed by atoms with Crippen molar-refractivity contribution in [3.63, 3.8) is 0 Å². The van der Waals surface area contributed by atoms with Gasteiger partial charge in [-0.05, 0) is 23.8 Å². The first-order valence-electron chi connectivity index (χ1n) is 9.51. The van der Waals surface area contributed by atoms with Crippen LogP contribution in [0.25, 0.3) is 0 Å². The number of hydrogen-bond donors (Lipinski definition) is 4. The Balaban J connectivity index is 1.66. The topological polar surface area (TPSA) is 171 Å². The summed E-state index contributed by atoms with van der Waals surface area (Å²) in [5.74, 6) is 0.557. The van der Waals surface area contributed by atoms with E-state index < -0.39 is 17.8 Å². The van der Waals surface area contributed by atoms with Crippen LogP contribution in [0.15, 0.2) is 47.6 Å². The first-order valence-corrected chi connectivity index (χ1v) is 9.51. The van der Waals surface area contributed by atoms with Crippen molar-refractivity contribution in [3.8, 4) is 23.9 Å². The molecule has 0 radical (unpaired) electrons. The van der Waals surface area contributed by atoms with Crippen LogP contribution in [0, 0.1) is 22.8 Å². The third kappa shape index (κ3) is 4.18. The second-order valence-electron chi connectivity index (χ2n) is 6.96. The largest absolute Gasteiger partial charge is 0.439 e. The lowest BCUT2D eigenvalue weighted by Crippen LogP contribution is -2.32. The van der Waals surface area contributed by atoms with E-state index in [9.17, 15) is 18.4 Å². The van der Waals surface area contributed by atoms with Crippen molar-refractivity contribution in [1.29, 1.82) is 10.5 Å². The Morgan fingerprint density at radius 1 is 1.09 bits per heavy atom. The molecule has 2 aromatic heterocycles. The van der Waals surface area contributed by atoms with E-state index in [2.05, 4.69) is 25.6 Å². The van der Waals surface area contributed by atoms with E-state index in [4.69, 9.17) is 21.5 Å². The third-order valence-corrected chi connectivity index (χ3v) is 4.84. The lowest BCUT2D eigenvalue weighted by molar-refractivity contribution is -0.137. The van der Waals surface area contributed by atoms with E-state index in [1.807, 2.05) is 6.07 Å². The minimum absolute atomic E-state index is 0.00535. The summed E-state index contributed by atoms with van der Waals surface area (Å²) in [6.45, 7) is 0. The number of aliphatic imine (C=N–C) groups is 1. The normalized spacial score (nSPS) is 14.6. The Kier molecular flexibility index (Phi) is 5.53. The molecule has 1 aliphatic heterocycles. The number of hydrogen-bond acceptors (Lipinski definition) is 10. The van der Waals surface area contributed by atoms with Crippen LogP contribution >= 0.6 is 0 Å². The maximum absolute atomic E-state index is 12.7. The van der Waals surface area contributed by atoms with Gasteiger partial charge in [-0.1, -0.05) is 12.1 Å². The van der Waals surface area contributed by atoms with Gasteiger partial charge in [0.15, 0.2) is 6.19 Å². The smallest absolute Gasteiger partial charge is 0.417 e. The molecule has 1 unspecified atom stereocenters. The van der Waals surface area contributed by atoms with Crippen molar-refractivity contribution in [2.24, 2.45) is 4.99 Å². The maximum atomic E-state index is 12.7. The summed E-state index contributed by atoms with van der Waals surface area (Å²) < 4.78 is 43.6. The summed E-state index contributed by atoms with van der Waals surface area (Å²) in [7, 11) is 0. The molecule has 0 aliphatic carbocycles. The number of benzene rings is 1. The Labute approximate surface area is 190 Å². The van der Waals surface area contributed by atoms with E-state index in [1.165, 1.54) is 0 Å². The van der Waals surface area contributed by atoms with Gasteiger partial charge in [0, 0.05) is 17.8 Å². The number of ether oxygens (including phenoxy) is 1. The number of nitrogens with two attached hydrogens (primary N) is 2. The fourth-order valence-corrected chi connectivity index (χ4v) is 3.27. The molecule has 0 saturated carbocycles. The molecule has 0 amide bonds. The SMILES string of the molecule is N#CNC1=NC(c2ccc(Oc3ccc(C(F)(F)F)cn3)cc2)c2c(nc(N)c(C#N)c2N)N1. The van der Waals surface area contributed by atoms with E-state index in [1.54, 1.807) is 30.5 Å². The number of guanidine groups is 1. The summed E-state index contributed by atoms with van der Waals surface area (Å²) in [6, 6.07) is 9.58. The average Bonchev–Trinajstić information content (AvgIpc) is 2.79. The third-order valence-electron chi connectivity index (χ3n) is 4.84. The number of nitrogens with one attached hydrogen (secondary N) is 2. The Hall–Kier alpha value is -5.04. The van der Waals surface area contributed by atoms with Crippen LogP contribution < -0.4 is 26.8 Å². The molecule has 10 nitrogen and oxygen atoms in total. The number of nitrogens with zero attached hydrogens (tertiary/aromatic N) is 5. The number of pyridine rings is 2. The van der Waals surface area contributed by atoms with Crippen molar-refractivity contribution >= 4 is 23.3 Å². The van der Waals surface area contributed by atoms with Gasteiger partial charge in [0.25, 0.3) is 0 Å². The number of aromatic nitrogens is 2. The fourth-order valence-electron chi connectivity index (χ4n) is 3.27. The zero-order valence-corrected chi connectivity index (χ0v) is 17.1. The van der Waals surface area contributed by atoms with E-state index >= 15 is 0 Å². The second-order valence-corrected chi connectivity index (χ2v) is 6.96. The van der Waals surface area contributed by atoms with Crippen LogP contribution in [-0.4, -0.2) is 15.9 Å². The van der Waals surface area contributed by atoms with Crippen LogP contribution in [0.5, 0.6) is 11.6 Å².